The van der Waals surface area contributed by atoms with Gasteiger partial charge in [0, 0.05) is 23.3 Å². The molecule has 1 saturated carbocycles. The van der Waals surface area contributed by atoms with Gasteiger partial charge in [0.1, 0.15) is 5.82 Å². The number of carbonyl (C=O) groups is 2. The fourth-order valence-corrected chi connectivity index (χ4v) is 7.25. The summed E-state index contributed by atoms with van der Waals surface area (Å²) in [7, 11) is 0. The third-order valence-corrected chi connectivity index (χ3v) is 9.56. The van der Waals surface area contributed by atoms with Crippen molar-refractivity contribution in [1.82, 2.24) is 4.90 Å². The van der Waals surface area contributed by atoms with E-state index in [4.69, 9.17) is 4.74 Å². The predicted octanol–water partition coefficient (Wildman–Crippen LogP) is 7.67. The van der Waals surface area contributed by atoms with Crippen LogP contribution >= 0.6 is 0 Å². The highest BCUT2D eigenvalue weighted by molar-refractivity contribution is 5.98. The van der Waals surface area contributed by atoms with E-state index in [0.717, 1.165) is 24.6 Å². The van der Waals surface area contributed by atoms with Gasteiger partial charge in [-0.1, -0.05) is 43.2 Å². The second kappa shape index (κ2) is 12.5. The van der Waals surface area contributed by atoms with Crippen LogP contribution in [0.15, 0.2) is 60.7 Å². The molecule has 0 radical (unpaired) electrons. The lowest BCUT2D eigenvalue weighted by atomic mass is 9.76. The molecule has 4 atom stereocenters. The summed E-state index contributed by atoms with van der Waals surface area (Å²) in [5, 5.41) is 6.26. The average molecular weight is 624 g/mol. The highest BCUT2D eigenvalue weighted by atomic mass is 19.4. The summed E-state index contributed by atoms with van der Waals surface area (Å²) in [6.07, 6.45) is 0.307. The Kier molecular flexibility index (Phi) is 8.61. The number of fused-ring (bicyclic) bond motifs is 1. The van der Waals surface area contributed by atoms with Crippen LogP contribution in [0.25, 0.3) is 0 Å². The first-order valence-electron chi connectivity index (χ1n) is 15.5. The van der Waals surface area contributed by atoms with Gasteiger partial charge in [0.05, 0.1) is 42.3 Å². The number of nitrogens with zero attached hydrogens (tertiary/aromatic N) is 1. The molecule has 3 aromatic carbocycles. The number of hydrogen-bond acceptors (Lipinski definition) is 4. The molecule has 238 valence electrons. The van der Waals surface area contributed by atoms with Gasteiger partial charge in [-0.25, -0.2) is 4.39 Å². The van der Waals surface area contributed by atoms with E-state index in [-0.39, 0.29) is 29.3 Å². The van der Waals surface area contributed by atoms with Gasteiger partial charge in [0.25, 0.3) is 5.91 Å². The van der Waals surface area contributed by atoms with E-state index in [1.54, 1.807) is 24.0 Å². The highest BCUT2D eigenvalue weighted by Gasteiger charge is 2.51. The Morgan fingerprint density at radius 1 is 0.911 bits per heavy atom. The van der Waals surface area contributed by atoms with Crippen molar-refractivity contribution in [1.29, 1.82) is 0 Å². The summed E-state index contributed by atoms with van der Waals surface area (Å²) < 4.78 is 62.0. The largest absolute Gasteiger partial charge is 0.416 e. The molecule has 2 aliphatic heterocycles. The van der Waals surface area contributed by atoms with Crippen molar-refractivity contribution >= 4 is 23.2 Å². The van der Waals surface area contributed by atoms with Gasteiger partial charge in [-0.3, -0.25) is 9.59 Å². The predicted molar refractivity (Wildman–Crippen MR) is 163 cm³/mol. The number of ether oxygens (including phenoxy) is 1. The lowest BCUT2D eigenvalue weighted by Crippen LogP contribution is -2.55. The number of hydrogen-bond donors (Lipinski definition) is 2. The number of halogens is 4. The van der Waals surface area contributed by atoms with Gasteiger partial charge < -0.3 is 20.3 Å². The summed E-state index contributed by atoms with van der Waals surface area (Å²) >= 11 is 0. The molecule has 6 rings (SSSR count). The van der Waals surface area contributed by atoms with E-state index >= 15 is 4.39 Å². The Balaban J connectivity index is 1.39. The zero-order chi connectivity index (χ0) is 31.9. The van der Waals surface area contributed by atoms with Gasteiger partial charge in [0.15, 0.2) is 0 Å². The van der Waals surface area contributed by atoms with E-state index in [2.05, 4.69) is 10.6 Å². The van der Waals surface area contributed by atoms with Crippen LogP contribution in [0.5, 0.6) is 0 Å². The van der Waals surface area contributed by atoms with Crippen LogP contribution < -0.4 is 10.6 Å². The molecule has 3 aromatic rings. The second-order valence-corrected chi connectivity index (χ2v) is 12.6. The molecule has 0 spiro atoms. The maximum Gasteiger partial charge on any atom is 0.416 e. The van der Waals surface area contributed by atoms with Crippen molar-refractivity contribution in [3.8, 4) is 0 Å². The van der Waals surface area contributed by atoms with Crippen molar-refractivity contribution in [2.24, 2.45) is 11.8 Å². The monoisotopic (exact) mass is 623 g/mol. The number of aryl methyl sites for hydroxylation is 2. The molecule has 3 aliphatic rings. The minimum Gasteiger partial charge on any atom is -0.382 e. The van der Waals surface area contributed by atoms with Crippen molar-refractivity contribution in [2.45, 2.75) is 70.3 Å². The van der Waals surface area contributed by atoms with Gasteiger partial charge in [0.2, 0.25) is 5.91 Å². The van der Waals surface area contributed by atoms with Gasteiger partial charge in [-0.05, 0) is 80.1 Å². The normalized spacial score (nSPS) is 23.6. The molecule has 6 nitrogen and oxygen atoms in total. The van der Waals surface area contributed by atoms with Crippen LogP contribution in [0.1, 0.15) is 70.8 Å². The molecule has 1 aliphatic carbocycles. The van der Waals surface area contributed by atoms with E-state index in [9.17, 15) is 22.8 Å². The standard InChI is InChI=1S/C35H37F4N3O3/c1-20-10-13-26(17-28(20)35(37,38)39)41-33(43)27-16-23-18-45-19-30(23)42(34(44)31-21(2)6-5-9-29(31)36)32(27)22-11-14-25(15-12-22)40-24-7-3-4-8-24/h5-6,9-15,17,23-24,27,30,32,40H,3-4,7-8,16,18-19H2,1-2H3,(H,41,43)/t23-,27?,30+,32?/m1/s1. The van der Waals surface area contributed by atoms with Crippen molar-refractivity contribution in [3.05, 3.63) is 94.3 Å². The Bertz CT molecular complexity index is 1550. The lowest BCUT2D eigenvalue weighted by molar-refractivity contribution is -0.138. The smallest absolute Gasteiger partial charge is 0.382 e. The first-order valence-corrected chi connectivity index (χ1v) is 15.5. The molecule has 2 heterocycles. The van der Waals surface area contributed by atoms with Gasteiger partial charge in [-0.15, -0.1) is 0 Å². The summed E-state index contributed by atoms with van der Waals surface area (Å²) in [5.74, 6) is -2.76. The van der Waals surface area contributed by atoms with Crippen LogP contribution in [-0.4, -0.2) is 42.0 Å². The maximum atomic E-state index is 15.2. The number of nitrogens with one attached hydrogen (secondary N) is 2. The van der Waals surface area contributed by atoms with Crippen molar-refractivity contribution in [3.63, 3.8) is 0 Å². The third kappa shape index (κ3) is 6.30. The molecule has 45 heavy (non-hydrogen) atoms. The molecule has 0 aromatic heterocycles. The number of anilines is 2. The van der Waals surface area contributed by atoms with Crippen LogP contribution in [-0.2, 0) is 15.7 Å². The zero-order valence-electron chi connectivity index (χ0n) is 25.3. The summed E-state index contributed by atoms with van der Waals surface area (Å²) in [4.78, 5) is 30.0. The first-order chi connectivity index (χ1) is 21.5. The first kappa shape index (κ1) is 31.1. The maximum absolute atomic E-state index is 15.2. The minimum absolute atomic E-state index is 0.0143. The Morgan fingerprint density at radius 3 is 2.31 bits per heavy atom. The highest BCUT2D eigenvalue weighted by Crippen LogP contribution is 2.46. The van der Waals surface area contributed by atoms with E-state index in [0.29, 0.717) is 30.2 Å². The molecule has 3 fully saturated rings. The Labute approximate surface area is 260 Å². The van der Waals surface area contributed by atoms with Crippen LogP contribution in [0.2, 0.25) is 0 Å². The van der Waals surface area contributed by atoms with E-state index in [1.807, 2.05) is 24.3 Å². The van der Waals surface area contributed by atoms with Crippen LogP contribution in [0.4, 0.5) is 28.9 Å². The third-order valence-electron chi connectivity index (χ3n) is 9.56. The fraction of sp³-hybridized carbons (Fsp3) is 0.429. The van der Waals surface area contributed by atoms with Crippen LogP contribution in [0, 0.1) is 31.5 Å². The number of carbonyl (C=O) groups excluding carboxylic acids is 2. The SMILES string of the molecule is Cc1ccc(NC(=O)C2C[C@@H]3COC[C@@H]3N(C(=O)c3c(C)cccc3F)C2c2ccc(NC3CCCC3)cc2)cc1C(F)(F)F. The van der Waals surface area contributed by atoms with E-state index in [1.165, 1.54) is 38.0 Å². The van der Waals surface area contributed by atoms with Gasteiger partial charge >= 0.3 is 6.18 Å². The molecule has 2 unspecified atom stereocenters. The molecule has 2 N–H and O–H groups in total. The number of piperidine rings is 1. The number of alkyl halides is 3. The molecule has 10 heteroatoms. The minimum atomic E-state index is -4.58. The number of rotatable bonds is 6. The molecule has 2 saturated heterocycles. The van der Waals surface area contributed by atoms with Gasteiger partial charge in [-0.2, -0.15) is 13.2 Å². The molecular formula is C35H37F4N3O3. The summed E-state index contributed by atoms with van der Waals surface area (Å²) in [6, 6.07) is 14.9. The molecule has 2 amide bonds. The average Bonchev–Trinajstić information content (AvgIpc) is 3.69. The zero-order valence-corrected chi connectivity index (χ0v) is 25.3. The Morgan fingerprint density at radius 2 is 1.62 bits per heavy atom. The molecular weight excluding hydrogens is 586 g/mol. The quantitative estimate of drug-likeness (QED) is 0.277. The topological polar surface area (TPSA) is 70.7 Å². The number of amides is 2. The lowest BCUT2D eigenvalue weighted by Gasteiger charge is -2.47. The Hall–Kier alpha value is -3.92. The second-order valence-electron chi connectivity index (χ2n) is 12.6. The van der Waals surface area contributed by atoms with Crippen LogP contribution in [0.3, 0.4) is 0 Å². The summed E-state index contributed by atoms with van der Waals surface area (Å²) in [5.41, 5.74) is 1.23. The van der Waals surface area contributed by atoms with Crippen molar-refractivity contribution in [2.75, 3.05) is 23.8 Å². The van der Waals surface area contributed by atoms with E-state index < -0.39 is 47.4 Å². The fourth-order valence-electron chi connectivity index (χ4n) is 7.25. The molecule has 0 bridgehead atoms. The van der Waals surface area contributed by atoms with Crippen molar-refractivity contribution < 1.29 is 31.9 Å². The number of likely N-dealkylation sites (tertiary alicyclic amines) is 1. The summed E-state index contributed by atoms with van der Waals surface area (Å²) in [6.45, 7) is 3.59. The number of benzene rings is 3.